The predicted octanol–water partition coefficient (Wildman–Crippen LogP) is 1.54. The lowest BCUT2D eigenvalue weighted by molar-refractivity contribution is -0.135. The maximum absolute atomic E-state index is 13.0. The summed E-state index contributed by atoms with van der Waals surface area (Å²) in [6.45, 7) is 4.04. The molecule has 0 saturated carbocycles. The van der Waals surface area contributed by atoms with E-state index in [1.807, 2.05) is 18.2 Å². The van der Waals surface area contributed by atoms with Gasteiger partial charge in [0.05, 0.1) is 11.0 Å². The smallest absolute Gasteiger partial charge is 0.329 e. The number of imide groups is 1. The van der Waals surface area contributed by atoms with E-state index < -0.39 is 11.9 Å². The first kappa shape index (κ1) is 21.8. The molecule has 3 fully saturated rings. The number of nitrogens with zero attached hydrogens (tertiary/aromatic N) is 3. The highest BCUT2D eigenvalue weighted by Crippen LogP contribution is 2.29. The first-order valence-corrected chi connectivity index (χ1v) is 12.0. The summed E-state index contributed by atoms with van der Waals surface area (Å²) in [5.41, 5.74) is 2.38. The van der Waals surface area contributed by atoms with E-state index in [1.54, 1.807) is 11.6 Å². The van der Waals surface area contributed by atoms with Crippen molar-refractivity contribution in [3.8, 4) is 11.8 Å². The van der Waals surface area contributed by atoms with Crippen LogP contribution in [0.15, 0.2) is 23.0 Å². The molecule has 8 nitrogen and oxygen atoms in total. The second-order valence-corrected chi connectivity index (χ2v) is 9.43. The average molecular weight is 450 g/mol. The van der Waals surface area contributed by atoms with Gasteiger partial charge in [-0.05, 0) is 63.4 Å². The molecule has 1 aromatic heterocycles. The van der Waals surface area contributed by atoms with Gasteiger partial charge in [-0.3, -0.25) is 24.0 Å². The van der Waals surface area contributed by atoms with Gasteiger partial charge in [-0.2, -0.15) is 0 Å². The lowest BCUT2D eigenvalue weighted by Crippen LogP contribution is -2.44. The molecule has 1 aromatic carbocycles. The minimum Gasteiger partial charge on any atom is -0.371 e. The fourth-order valence-corrected chi connectivity index (χ4v) is 5.26. The summed E-state index contributed by atoms with van der Waals surface area (Å²) in [5.74, 6) is 7.37. The molecule has 0 spiro atoms. The van der Waals surface area contributed by atoms with Gasteiger partial charge in [0.25, 0.3) is 0 Å². The highest BCUT2D eigenvalue weighted by atomic mass is 16.2. The van der Waals surface area contributed by atoms with Gasteiger partial charge in [0.1, 0.15) is 6.04 Å². The Balaban J connectivity index is 1.32. The molecule has 3 aliphatic rings. The van der Waals surface area contributed by atoms with Crippen LogP contribution < -0.4 is 21.2 Å². The van der Waals surface area contributed by atoms with Crippen LogP contribution in [-0.2, 0) is 16.6 Å². The zero-order chi connectivity index (χ0) is 22.9. The summed E-state index contributed by atoms with van der Waals surface area (Å²) < 4.78 is 3.13. The van der Waals surface area contributed by atoms with Gasteiger partial charge in [0, 0.05) is 44.1 Å². The number of imidazole rings is 1. The van der Waals surface area contributed by atoms with E-state index in [2.05, 4.69) is 27.4 Å². The number of carbonyl (C=O) groups is 2. The summed E-state index contributed by atoms with van der Waals surface area (Å²) in [4.78, 5) is 39.2. The Hall–Kier alpha value is -3.05. The number of anilines is 1. The van der Waals surface area contributed by atoms with Crippen LogP contribution in [0.4, 0.5) is 5.69 Å². The van der Waals surface area contributed by atoms with Crippen molar-refractivity contribution in [1.82, 2.24) is 19.8 Å². The van der Waals surface area contributed by atoms with E-state index >= 15 is 0 Å². The molecule has 8 heteroatoms. The number of nitrogens with one attached hydrogen (secondary N) is 2. The zero-order valence-corrected chi connectivity index (χ0v) is 19.1. The minimum atomic E-state index is -0.654. The molecule has 0 radical (unpaired) electrons. The number of piperidine rings is 3. The van der Waals surface area contributed by atoms with Crippen molar-refractivity contribution < 1.29 is 9.59 Å². The first-order chi connectivity index (χ1) is 16.0. The van der Waals surface area contributed by atoms with E-state index in [-0.39, 0.29) is 18.0 Å². The molecule has 174 valence electrons. The number of benzene rings is 1. The van der Waals surface area contributed by atoms with Crippen LogP contribution in [0.2, 0.25) is 0 Å². The van der Waals surface area contributed by atoms with Gasteiger partial charge in [-0.15, -0.1) is 0 Å². The highest BCUT2D eigenvalue weighted by Gasteiger charge is 2.31. The first-order valence-electron chi connectivity index (χ1n) is 12.0. The van der Waals surface area contributed by atoms with Crippen molar-refractivity contribution >= 4 is 28.5 Å². The minimum absolute atomic E-state index is 0.233. The Kier molecular flexibility index (Phi) is 5.98. The Morgan fingerprint density at radius 2 is 1.61 bits per heavy atom. The van der Waals surface area contributed by atoms with Gasteiger partial charge in [-0.25, -0.2) is 4.79 Å². The molecule has 3 saturated heterocycles. The summed E-state index contributed by atoms with van der Waals surface area (Å²) in [5, 5.41) is 5.75. The quantitative estimate of drug-likeness (QED) is 0.536. The average Bonchev–Trinajstić information content (AvgIpc) is 3.08. The number of rotatable bonds is 2. The van der Waals surface area contributed by atoms with E-state index in [0.717, 1.165) is 68.6 Å². The molecule has 1 unspecified atom stereocenters. The molecule has 1 atom stereocenters. The van der Waals surface area contributed by atoms with Gasteiger partial charge < -0.3 is 10.2 Å². The van der Waals surface area contributed by atoms with E-state index in [4.69, 9.17) is 0 Å². The lowest BCUT2D eigenvalue weighted by Gasteiger charge is -2.32. The number of amides is 2. The molecule has 2 N–H and O–H groups in total. The van der Waals surface area contributed by atoms with Crippen LogP contribution in [0, 0.1) is 23.7 Å². The number of fused-ring (bicyclic) bond motifs is 1. The highest BCUT2D eigenvalue weighted by molar-refractivity contribution is 6.00. The third-order valence-electron chi connectivity index (χ3n) is 7.29. The predicted molar refractivity (Wildman–Crippen MR) is 127 cm³/mol. The van der Waals surface area contributed by atoms with Crippen LogP contribution >= 0.6 is 0 Å². The number of hydrogen-bond acceptors (Lipinski definition) is 5. The molecular weight excluding hydrogens is 418 g/mol. The Morgan fingerprint density at radius 3 is 2.30 bits per heavy atom. The second-order valence-electron chi connectivity index (χ2n) is 9.43. The van der Waals surface area contributed by atoms with Gasteiger partial charge in [-0.1, -0.05) is 11.8 Å². The molecule has 0 bridgehead atoms. The molecule has 2 aromatic rings. The van der Waals surface area contributed by atoms with Gasteiger partial charge in [0.2, 0.25) is 11.8 Å². The second kappa shape index (κ2) is 9.06. The standard InChI is InChI=1S/C25H31N5O3/c1-28-22-16-19(29-14-10-18(11-15-29)3-2-17-8-12-26-13-9-17)4-5-20(22)30(25(28)33)21-6-7-23(31)27-24(21)32/h4-5,16-18,21,26H,6-15H2,1H3,(H,27,31,32). The Morgan fingerprint density at radius 1 is 0.909 bits per heavy atom. The molecule has 4 heterocycles. The number of aryl methyl sites for hydroxylation is 1. The van der Waals surface area contributed by atoms with Crippen molar-refractivity contribution in [3.63, 3.8) is 0 Å². The van der Waals surface area contributed by atoms with Crippen LogP contribution in [0.25, 0.3) is 11.0 Å². The van der Waals surface area contributed by atoms with Crippen molar-refractivity contribution in [2.45, 2.75) is 44.6 Å². The van der Waals surface area contributed by atoms with Gasteiger partial charge >= 0.3 is 5.69 Å². The molecule has 5 rings (SSSR count). The normalized spacial score (nSPS) is 22.8. The summed E-state index contributed by atoms with van der Waals surface area (Å²) in [6.07, 6.45) is 4.99. The maximum atomic E-state index is 13.0. The van der Waals surface area contributed by atoms with Crippen LogP contribution in [0.3, 0.4) is 0 Å². The molecular formula is C25H31N5O3. The molecule has 0 aliphatic carbocycles. The van der Waals surface area contributed by atoms with Crippen LogP contribution in [-0.4, -0.2) is 47.1 Å². The SMILES string of the molecule is Cn1c(=O)n(C2CCC(=O)NC2=O)c2ccc(N3CCC(C#CC4CCNCC4)CC3)cc21. The lowest BCUT2D eigenvalue weighted by atomic mass is 9.93. The maximum Gasteiger partial charge on any atom is 0.329 e. The fraction of sp³-hybridized carbons (Fsp3) is 0.560. The molecule has 33 heavy (non-hydrogen) atoms. The summed E-state index contributed by atoms with van der Waals surface area (Å²) >= 11 is 0. The van der Waals surface area contributed by atoms with Crippen molar-refractivity contribution in [2.75, 3.05) is 31.1 Å². The molecule has 3 aliphatic heterocycles. The number of aromatic nitrogens is 2. The third kappa shape index (κ3) is 4.30. The monoisotopic (exact) mass is 449 g/mol. The van der Waals surface area contributed by atoms with Crippen molar-refractivity contribution in [1.29, 1.82) is 0 Å². The van der Waals surface area contributed by atoms with E-state index in [9.17, 15) is 14.4 Å². The fourth-order valence-electron chi connectivity index (χ4n) is 5.26. The van der Waals surface area contributed by atoms with Crippen molar-refractivity contribution in [2.24, 2.45) is 18.9 Å². The van der Waals surface area contributed by atoms with Crippen LogP contribution in [0.5, 0.6) is 0 Å². The Bertz CT molecular complexity index is 1190. The van der Waals surface area contributed by atoms with Crippen LogP contribution in [0.1, 0.15) is 44.6 Å². The number of carbonyl (C=O) groups excluding carboxylic acids is 2. The van der Waals surface area contributed by atoms with Gasteiger partial charge in [0.15, 0.2) is 0 Å². The summed E-state index contributed by atoms with van der Waals surface area (Å²) in [6, 6.07) is 5.35. The topological polar surface area (TPSA) is 88.4 Å². The van der Waals surface area contributed by atoms with E-state index in [1.165, 1.54) is 4.57 Å². The Labute approximate surface area is 193 Å². The largest absolute Gasteiger partial charge is 0.371 e. The number of hydrogen-bond donors (Lipinski definition) is 2. The zero-order valence-electron chi connectivity index (χ0n) is 19.1. The summed E-state index contributed by atoms with van der Waals surface area (Å²) in [7, 11) is 1.74. The third-order valence-corrected chi connectivity index (χ3v) is 7.29. The van der Waals surface area contributed by atoms with Crippen molar-refractivity contribution in [3.05, 3.63) is 28.7 Å². The molecule has 2 amide bonds. The van der Waals surface area contributed by atoms with E-state index in [0.29, 0.717) is 18.3 Å².